The minimum absolute atomic E-state index is 0.0257. The lowest BCUT2D eigenvalue weighted by molar-refractivity contribution is -0.332. The zero-order valence-electron chi connectivity index (χ0n) is 40.3. The molecule has 2 aliphatic heterocycles. The van der Waals surface area contributed by atoms with E-state index >= 15 is 0 Å². The highest BCUT2D eigenvalue weighted by Crippen LogP contribution is 2.26. The van der Waals surface area contributed by atoms with Crippen molar-refractivity contribution in [1.82, 2.24) is 0 Å². The highest BCUT2D eigenvalue weighted by molar-refractivity contribution is 5.69. The first-order valence-corrected chi connectivity index (χ1v) is 24.8. The van der Waals surface area contributed by atoms with E-state index < -0.39 is 86.7 Å². The molecule has 0 radical (unpaired) electrons. The van der Waals surface area contributed by atoms with Gasteiger partial charge in [-0.05, 0) is 89.9 Å². The molecule has 0 aliphatic carbocycles. The molecule has 382 valence electrons. The van der Waals surface area contributed by atoms with Crippen LogP contribution < -0.4 is 0 Å². The van der Waals surface area contributed by atoms with Gasteiger partial charge in [-0.1, -0.05) is 130 Å². The Balaban J connectivity index is 1.81. The van der Waals surface area contributed by atoms with Crippen LogP contribution in [0.3, 0.4) is 0 Å². The van der Waals surface area contributed by atoms with Crippen molar-refractivity contribution in [2.24, 2.45) is 0 Å². The second-order valence-electron chi connectivity index (χ2n) is 16.9. The van der Waals surface area contributed by atoms with Gasteiger partial charge in [-0.25, -0.2) is 0 Å². The predicted octanol–water partition coefficient (Wildman–Crippen LogP) is 7.07. The van der Waals surface area contributed by atoms with Crippen molar-refractivity contribution in [3.8, 4) is 0 Å². The molecule has 0 bridgehead atoms. The SMILES string of the molecule is CC/C=C\C/C=C\C/C=C\C/C=C\C/C=C\CCCCCC(=O)OC(COCCCCCC/C=C\C/C=C\C/C=C\CC)COC1OC(COC2OC(CO)C(O)C(O)C2O)C(O)C(O)C1O. The maximum atomic E-state index is 13.0. The van der Waals surface area contributed by atoms with Crippen LogP contribution >= 0.6 is 0 Å². The number of aliphatic hydroxyl groups is 7. The van der Waals surface area contributed by atoms with Crippen LogP contribution in [0.4, 0.5) is 0 Å². The predicted molar refractivity (Wildman–Crippen MR) is 261 cm³/mol. The van der Waals surface area contributed by atoms with Crippen LogP contribution in [0.25, 0.3) is 0 Å². The van der Waals surface area contributed by atoms with E-state index in [0.717, 1.165) is 103 Å². The molecule has 67 heavy (non-hydrogen) atoms. The largest absolute Gasteiger partial charge is 0.457 e. The number of esters is 1. The number of allylic oxidation sites excluding steroid dienone is 16. The number of hydrogen-bond donors (Lipinski definition) is 7. The Hall–Kier alpha value is -3.09. The van der Waals surface area contributed by atoms with E-state index in [4.69, 9.17) is 28.4 Å². The molecule has 0 saturated carbocycles. The van der Waals surface area contributed by atoms with Crippen molar-refractivity contribution in [3.05, 3.63) is 97.2 Å². The van der Waals surface area contributed by atoms with E-state index in [0.29, 0.717) is 13.0 Å². The fourth-order valence-electron chi connectivity index (χ4n) is 7.09. The average Bonchev–Trinajstić information content (AvgIpc) is 3.32. The summed E-state index contributed by atoms with van der Waals surface area (Å²) in [6.07, 6.45) is 34.7. The first kappa shape index (κ1) is 60.0. The van der Waals surface area contributed by atoms with E-state index in [1.165, 1.54) is 0 Å². The van der Waals surface area contributed by atoms with Crippen LogP contribution in [-0.4, -0.2) is 142 Å². The third-order valence-corrected chi connectivity index (χ3v) is 11.1. The zero-order valence-corrected chi connectivity index (χ0v) is 40.3. The van der Waals surface area contributed by atoms with Crippen LogP contribution in [0.1, 0.15) is 129 Å². The average molecular weight is 947 g/mol. The van der Waals surface area contributed by atoms with Gasteiger partial charge in [0.1, 0.15) is 54.9 Å². The van der Waals surface area contributed by atoms with Crippen LogP contribution in [0.2, 0.25) is 0 Å². The number of carbonyl (C=O) groups excluding carboxylic acids is 1. The molecule has 2 heterocycles. The van der Waals surface area contributed by atoms with Crippen molar-refractivity contribution >= 4 is 5.97 Å². The van der Waals surface area contributed by atoms with Gasteiger partial charge in [-0.3, -0.25) is 4.79 Å². The summed E-state index contributed by atoms with van der Waals surface area (Å²) in [5.74, 6) is -0.421. The Kier molecular flexibility index (Phi) is 35.6. The number of unbranched alkanes of at least 4 members (excludes halogenated alkanes) is 7. The molecule has 0 aromatic heterocycles. The molecule has 2 saturated heterocycles. The number of carbonyl (C=O) groups is 1. The summed E-state index contributed by atoms with van der Waals surface area (Å²) in [5, 5.41) is 72.1. The molecule has 2 aliphatic rings. The summed E-state index contributed by atoms with van der Waals surface area (Å²) < 4.78 is 34.2. The minimum atomic E-state index is -1.72. The Bertz CT molecular complexity index is 1470. The fraction of sp³-hybridized carbons (Fsp3) is 0.679. The van der Waals surface area contributed by atoms with Crippen LogP contribution in [0, 0.1) is 0 Å². The summed E-state index contributed by atoms with van der Waals surface area (Å²) in [6.45, 7) is 3.32. The maximum Gasteiger partial charge on any atom is 0.306 e. The molecular formula is C53H86O14. The molecule has 11 atom stereocenters. The molecule has 14 heteroatoms. The van der Waals surface area contributed by atoms with Crippen molar-refractivity contribution in [3.63, 3.8) is 0 Å². The van der Waals surface area contributed by atoms with Crippen molar-refractivity contribution in [1.29, 1.82) is 0 Å². The molecule has 11 unspecified atom stereocenters. The highest BCUT2D eigenvalue weighted by atomic mass is 16.7. The summed E-state index contributed by atoms with van der Waals surface area (Å²) in [6, 6.07) is 0. The Morgan fingerprint density at radius 1 is 0.493 bits per heavy atom. The summed E-state index contributed by atoms with van der Waals surface area (Å²) >= 11 is 0. The maximum absolute atomic E-state index is 13.0. The second kappa shape index (κ2) is 39.7. The van der Waals surface area contributed by atoms with E-state index in [1.54, 1.807) is 0 Å². The van der Waals surface area contributed by atoms with Gasteiger partial charge in [0.2, 0.25) is 0 Å². The molecule has 7 N–H and O–H groups in total. The van der Waals surface area contributed by atoms with E-state index in [-0.39, 0.29) is 19.6 Å². The van der Waals surface area contributed by atoms with Gasteiger partial charge in [-0.2, -0.15) is 0 Å². The van der Waals surface area contributed by atoms with Gasteiger partial charge < -0.3 is 64.2 Å². The molecule has 2 rings (SSSR count). The Labute approximate surface area is 401 Å². The number of rotatable bonds is 37. The smallest absolute Gasteiger partial charge is 0.306 e. The van der Waals surface area contributed by atoms with Gasteiger partial charge in [-0.15, -0.1) is 0 Å². The lowest BCUT2D eigenvalue weighted by Crippen LogP contribution is -2.61. The monoisotopic (exact) mass is 947 g/mol. The minimum Gasteiger partial charge on any atom is -0.457 e. The second-order valence-corrected chi connectivity index (χ2v) is 16.9. The first-order valence-electron chi connectivity index (χ1n) is 24.8. The normalized spacial score (nSPS) is 26.9. The van der Waals surface area contributed by atoms with E-state index in [1.807, 2.05) is 0 Å². The molecule has 0 amide bonds. The number of ether oxygens (including phenoxy) is 6. The van der Waals surface area contributed by atoms with Crippen molar-refractivity contribution in [2.75, 3.05) is 33.0 Å². The summed E-state index contributed by atoms with van der Waals surface area (Å²) in [7, 11) is 0. The molecule has 0 spiro atoms. The quantitative estimate of drug-likeness (QED) is 0.0189. The van der Waals surface area contributed by atoms with E-state index in [2.05, 4.69) is 111 Å². The first-order chi connectivity index (χ1) is 32.6. The highest BCUT2D eigenvalue weighted by Gasteiger charge is 2.47. The molecule has 0 aromatic carbocycles. The zero-order chi connectivity index (χ0) is 48.7. The van der Waals surface area contributed by atoms with Crippen LogP contribution in [0.5, 0.6) is 0 Å². The number of aliphatic hydroxyl groups excluding tert-OH is 7. The van der Waals surface area contributed by atoms with Crippen molar-refractivity contribution in [2.45, 2.75) is 197 Å². The Morgan fingerprint density at radius 2 is 0.925 bits per heavy atom. The standard InChI is InChI=1S/C53H86O14/c1-3-5-7-9-11-13-15-17-19-20-21-22-23-24-26-28-30-32-34-36-45(55)65-42(39-62-37-35-33-31-29-27-25-18-16-14-12-10-8-6-4-2)40-63-52-51(61)49(59)47(57)44(67-52)41-64-53-50(60)48(58)46(56)43(38-54)66-53/h5-8,11-14,17-19,21-22,24-26,42-44,46-54,56-61H,3-4,9-10,15-16,20,23,27-41H2,1-2H3/b7-5-,8-6-,13-11-,14-12-,19-17-,22-21-,25-18-,26-24-. The van der Waals surface area contributed by atoms with Gasteiger partial charge in [0.25, 0.3) is 0 Å². The third-order valence-electron chi connectivity index (χ3n) is 11.1. The van der Waals surface area contributed by atoms with Crippen LogP contribution in [0.15, 0.2) is 97.2 Å². The van der Waals surface area contributed by atoms with Crippen molar-refractivity contribution < 1.29 is 69.0 Å². The van der Waals surface area contributed by atoms with Gasteiger partial charge in [0.15, 0.2) is 12.6 Å². The lowest BCUT2D eigenvalue weighted by Gasteiger charge is -2.42. The molecule has 0 aromatic rings. The van der Waals surface area contributed by atoms with E-state index in [9.17, 15) is 40.5 Å². The Morgan fingerprint density at radius 3 is 1.43 bits per heavy atom. The fourth-order valence-corrected chi connectivity index (χ4v) is 7.09. The van der Waals surface area contributed by atoms with Crippen LogP contribution in [-0.2, 0) is 33.2 Å². The van der Waals surface area contributed by atoms with Gasteiger partial charge in [0, 0.05) is 13.0 Å². The topological polar surface area (TPSA) is 214 Å². The lowest BCUT2D eigenvalue weighted by atomic mass is 9.98. The molecule has 2 fully saturated rings. The summed E-state index contributed by atoms with van der Waals surface area (Å²) in [4.78, 5) is 13.0. The molecular weight excluding hydrogens is 861 g/mol. The third kappa shape index (κ3) is 27.6. The van der Waals surface area contributed by atoms with Gasteiger partial charge >= 0.3 is 5.97 Å². The number of hydrogen-bond acceptors (Lipinski definition) is 14. The van der Waals surface area contributed by atoms with Gasteiger partial charge in [0.05, 0.1) is 26.4 Å². The summed E-state index contributed by atoms with van der Waals surface area (Å²) in [5.41, 5.74) is 0. The molecule has 14 nitrogen and oxygen atoms in total.